The van der Waals surface area contributed by atoms with Crippen LogP contribution < -0.4 is 10.2 Å². The van der Waals surface area contributed by atoms with Crippen LogP contribution in [0.3, 0.4) is 0 Å². The lowest BCUT2D eigenvalue weighted by atomic mass is 10.1. The normalized spacial score (nSPS) is 10.6. The fourth-order valence-corrected chi connectivity index (χ4v) is 2.13. The smallest absolute Gasteiger partial charge is 0.322 e. The Morgan fingerprint density at radius 3 is 2.50 bits per heavy atom. The average Bonchev–Trinajstić information content (AvgIpc) is 2.37. The van der Waals surface area contributed by atoms with Crippen LogP contribution in [0, 0.1) is 6.92 Å². The molecule has 0 radical (unpaired) electrons. The minimum Gasteiger partial charge on any atom is -0.395 e. The largest absolute Gasteiger partial charge is 0.395 e. The zero-order chi connectivity index (χ0) is 15.3. The van der Waals surface area contributed by atoms with E-state index in [4.69, 9.17) is 5.11 Å². The summed E-state index contributed by atoms with van der Waals surface area (Å²) >= 11 is 0. The maximum absolute atomic E-state index is 12.3. The maximum Gasteiger partial charge on any atom is 0.322 e. The quantitative estimate of drug-likeness (QED) is 0.869. The van der Waals surface area contributed by atoms with Gasteiger partial charge in [0.15, 0.2) is 0 Å². The second kappa shape index (κ2) is 7.14. The molecule has 5 heteroatoms. The maximum atomic E-state index is 12.3. The van der Waals surface area contributed by atoms with Crippen molar-refractivity contribution in [2.75, 3.05) is 37.5 Å². The number of anilines is 2. The Morgan fingerprint density at radius 1 is 1.35 bits per heavy atom. The van der Waals surface area contributed by atoms with Crippen molar-refractivity contribution in [2.45, 2.75) is 26.8 Å². The highest BCUT2D eigenvalue weighted by Gasteiger charge is 2.17. The Balaban J connectivity index is 2.92. The lowest BCUT2D eigenvalue weighted by Crippen LogP contribution is -2.41. The molecule has 1 rings (SSSR count). The second-order valence-electron chi connectivity index (χ2n) is 5.29. The fraction of sp³-hybridized carbons (Fsp3) is 0.533. The molecule has 0 saturated heterocycles. The summed E-state index contributed by atoms with van der Waals surface area (Å²) in [6.07, 6.45) is 0. The van der Waals surface area contributed by atoms with Crippen molar-refractivity contribution in [1.29, 1.82) is 0 Å². The van der Waals surface area contributed by atoms with Gasteiger partial charge in [0, 0.05) is 38.1 Å². The van der Waals surface area contributed by atoms with Gasteiger partial charge in [0.25, 0.3) is 0 Å². The number of benzene rings is 1. The number of amides is 2. The molecule has 0 aromatic heterocycles. The van der Waals surface area contributed by atoms with Crippen LogP contribution in [0.5, 0.6) is 0 Å². The van der Waals surface area contributed by atoms with E-state index < -0.39 is 0 Å². The first-order valence-electron chi connectivity index (χ1n) is 6.84. The van der Waals surface area contributed by atoms with Crippen LogP contribution in [0.25, 0.3) is 0 Å². The van der Waals surface area contributed by atoms with Crippen LogP contribution in [0.2, 0.25) is 0 Å². The van der Waals surface area contributed by atoms with E-state index in [-0.39, 0.29) is 18.7 Å². The van der Waals surface area contributed by atoms with Crippen molar-refractivity contribution in [3.8, 4) is 0 Å². The Morgan fingerprint density at radius 2 is 2.00 bits per heavy atom. The number of nitrogens with zero attached hydrogens (tertiary/aromatic N) is 2. The van der Waals surface area contributed by atoms with E-state index in [2.05, 4.69) is 5.32 Å². The molecule has 0 spiro atoms. The predicted molar refractivity (Wildman–Crippen MR) is 83.5 cm³/mol. The molecule has 2 N–H and O–H groups in total. The molecule has 0 fully saturated rings. The van der Waals surface area contributed by atoms with E-state index in [0.29, 0.717) is 6.54 Å². The van der Waals surface area contributed by atoms with E-state index >= 15 is 0 Å². The molecular weight excluding hydrogens is 254 g/mol. The van der Waals surface area contributed by atoms with Gasteiger partial charge in [0.2, 0.25) is 0 Å². The van der Waals surface area contributed by atoms with Crippen LogP contribution >= 0.6 is 0 Å². The summed E-state index contributed by atoms with van der Waals surface area (Å²) in [4.78, 5) is 15.9. The highest BCUT2D eigenvalue weighted by atomic mass is 16.3. The molecule has 2 amide bonds. The van der Waals surface area contributed by atoms with Crippen LogP contribution in [-0.4, -0.2) is 49.3 Å². The predicted octanol–water partition coefficient (Wildman–Crippen LogP) is 2.30. The minimum absolute atomic E-state index is 0.0394. The number of hydrogen-bond donors (Lipinski definition) is 2. The summed E-state index contributed by atoms with van der Waals surface area (Å²) in [6, 6.07) is 5.67. The van der Waals surface area contributed by atoms with Gasteiger partial charge in [-0.05, 0) is 38.5 Å². The van der Waals surface area contributed by atoms with E-state index in [9.17, 15) is 4.79 Å². The average molecular weight is 279 g/mol. The summed E-state index contributed by atoms with van der Waals surface area (Å²) < 4.78 is 0. The second-order valence-corrected chi connectivity index (χ2v) is 5.29. The van der Waals surface area contributed by atoms with Crippen molar-refractivity contribution in [3.05, 3.63) is 23.8 Å². The molecule has 0 aliphatic heterocycles. The number of carbonyl (C=O) groups excluding carboxylic acids is 1. The van der Waals surface area contributed by atoms with Crippen molar-refractivity contribution in [1.82, 2.24) is 4.90 Å². The molecule has 112 valence electrons. The minimum atomic E-state index is -0.187. The molecule has 0 atom stereocenters. The fourth-order valence-electron chi connectivity index (χ4n) is 2.13. The molecule has 0 bridgehead atoms. The van der Waals surface area contributed by atoms with Crippen LogP contribution in [0.1, 0.15) is 19.4 Å². The molecule has 1 aromatic rings. The van der Waals surface area contributed by atoms with Gasteiger partial charge in [-0.1, -0.05) is 6.07 Å². The monoisotopic (exact) mass is 279 g/mol. The Hall–Kier alpha value is -1.75. The topological polar surface area (TPSA) is 55.8 Å². The lowest BCUT2D eigenvalue weighted by molar-refractivity contribution is 0.172. The highest BCUT2D eigenvalue weighted by Crippen LogP contribution is 2.25. The SMILES string of the molecule is Cc1c(NC(=O)N(CCO)C(C)C)cccc1N(C)C. The van der Waals surface area contributed by atoms with Crippen molar-refractivity contribution >= 4 is 17.4 Å². The number of aliphatic hydroxyl groups excluding tert-OH is 1. The summed E-state index contributed by atoms with van der Waals surface area (Å²) in [7, 11) is 3.94. The highest BCUT2D eigenvalue weighted by molar-refractivity contribution is 5.91. The third-order valence-corrected chi connectivity index (χ3v) is 3.25. The zero-order valence-corrected chi connectivity index (χ0v) is 13.0. The van der Waals surface area contributed by atoms with Crippen molar-refractivity contribution in [2.24, 2.45) is 0 Å². The number of urea groups is 1. The summed E-state index contributed by atoms with van der Waals surface area (Å²) in [5.74, 6) is 0. The number of hydrogen-bond acceptors (Lipinski definition) is 3. The molecular formula is C15H25N3O2. The van der Waals surface area contributed by atoms with E-state index in [1.165, 1.54) is 0 Å². The Labute approximate surface area is 121 Å². The van der Waals surface area contributed by atoms with Gasteiger partial charge in [-0.3, -0.25) is 0 Å². The summed E-state index contributed by atoms with van der Waals surface area (Å²) in [5, 5.41) is 12.0. The van der Waals surface area contributed by atoms with Gasteiger partial charge in [-0.25, -0.2) is 4.79 Å². The molecule has 0 saturated carbocycles. The van der Waals surface area contributed by atoms with Gasteiger partial charge in [-0.15, -0.1) is 0 Å². The van der Waals surface area contributed by atoms with E-state index in [1.807, 2.05) is 58.0 Å². The first-order chi connectivity index (χ1) is 9.38. The summed E-state index contributed by atoms with van der Waals surface area (Å²) in [6.45, 7) is 6.13. The van der Waals surface area contributed by atoms with Gasteiger partial charge in [0.05, 0.1) is 6.61 Å². The van der Waals surface area contributed by atoms with Gasteiger partial charge in [0.1, 0.15) is 0 Å². The zero-order valence-electron chi connectivity index (χ0n) is 13.0. The molecule has 0 aliphatic rings. The number of carbonyl (C=O) groups is 1. The standard InChI is InChI=1S/C15H25N3O2/c1-11(2)18(9-10-19)15(20)16-13-7-6-8-14(12(13)3)17(4)5/h6-8,11,19H,9-10H2,1-5H3,(H,16,20). The Bertz CT molecular complexity index is 458. The molecule has 0 aliphatic carbocycles. The molecule has 1 aromatic carbocycles. The Kier molecular flexibility index (Phi) is 5.82. The number of aliphatic hydroxyl groups is 1. The summed E-state index contributed by atoms with van der Waals surface area (Å²) in [5.41, 5.74) is 2.89. The van der Waals surface area contributed by atoms with Crippen LogP contribution in [0.15, 0.2) is 18.2 Å². The van der Waals surface area contributed by atoms with E-state index in [0.717, 1.165) is 16.9 Å². The third-order valence-electron chi connectivity index (χ3n) is 3.25. The van der Waals surface area contributed by atoms with Crippen molar-refractivity contribution < 1.29 is 9.90 Å². The third kappa shape index (κ3) is 3.87. The lowest BCUT2D eigenvalue weighted by Gasteiger charge is -2.27. The van der Waals surface area contributed by atoms with Crippen LogP contribution in [0.4, 0.5) is 16.2 Å². The van der Waals surface area contributed by atoms with Gasteiger partial charge in [-0.2, -0.15) is 0 Å². The first-order valence-corrected chi connectivity index (χ1v) is 6.84. The van der Waals surface area contributed by atoms with Gasteiger partial charge >= 0.3 is 6.03 Å². The molecule has 20 heavy (non-hydrogen) atoms. The molecule has 5 nitrogen and oxygen atoms in total. The van der Waals surface area contributed by atoms with Crippen molar-refractivity contribution in [3.63, 3.8) is 0 Å². The van der Waals surface area contributed by atoms with Gasteiger partial charge < -0.3 is 20.2 Å². The molecule has 0 heterocycles. The van der Waals surface area contributed by atoms with Crippen LogP contribution in [-0.2, 0) is 0 Å². The van der Waals surface area contributed by atoms with E-state index in [1.54, 1.807) is 4.90 Å². The first kappa shape index (κ1) is 16.3. The molecule has 0 unspecified atom stereocenters. The number of nitrogens with one attached hydrogen (secondary N) is 1. The number of rotatable bonds is 5.